The molecule has 0 unspecified atom stereocenters. The number of benzene rings is 1. The van der Waals surface area contributed by atoms with E-state index in [0.717, 1.165) is 16.8 Å². The Morgan fingerprint density at radius 2 is 1.94 bits per heavy atom. The maximum atomic E-state index is 7.03. The van der Waals surface area contributed by atoms with E-state index in [0.29, 0.717) is 0 Å². The van der Waals surface area contributed by atoms with Gasteiger partial charge in [-0.2, -0.15) is 0 Å². The van der Waals surface area contributed by atoms with E-state index in [-0.39, 0.29) is 0 Å². The Kier molecular flexibility index (Phi) is 3.01. The summed E-state index contributed by atoms with van der Waals surface area (Å²) in [5, 5.41) is 7.03. The van der Waals surface area contributed by atoms with Crippen molar-refractivity contribution in [3.63, 3.8) is 0 Å². The van der Waals surface area contributed by atoms with Gasteiger partial charge in [0.05, 0.1) is 0 Å². The molecular formula is C14H14N2. The van der Waals surface area contributed by atoms with Gasteiger partial charge in [-0.1, -0.05) is 24.3 Å². The van der Waals surface area contributed by atoms with E-state index in [2.05, 4.69) is 35.3 Å². The highest BCUT2D eigenvalue weighted by molar-refractivity contribution is 5.82. The molecule has 2 nitrogen and oxygen atoms in total. The van der Waals surface area contributed by atoms with E-state index in [1.165, 1.54) is 11.8 Å². The number of H-pyrrole nitrogens is 1. The van der Waals surface area contributed by atoms with Gasteiger partial charge in [0.1, 0.15) is 0 Å². The third-order valence-corrected chi connectivity index (χ3v) is 2.58. The molecule has 0 bridgehead atoms. The van der Waals surface area contributed by atoms with Crippen LogP contribution in [0.25, 0.3) is 16.8 Å². The Hall–Kier alpha value is -2.09. The van der Waals surface area contributed by atoms with Crippen LogP contribution in [-0.2, 0) is 0 Å². The molecule has 1 heterocycles. The summed E-state index contributed by atoms with van der Waals surface area (Å²) in [7, 11) is 0. The minimum atomic E-state index is 1.10. The first kappa shape index (κ1) is 10.4. The molecule has 0 spiro atoms. The molecular weight excluding hydrogens is 196 g/mol. The van der Waals surface area contributed by atoms with E-state index in [4.69, 9.17) is 5.41 Å². The summed E-state index contributed by atoms with van der Waals surface area (Å²) in [6.07, 6.45) is 5.03. The van der Waals surface area contributed by atoms with Crippen LogP contribution in [0.1, 0.15) is 12.5 Å². The quantitative estimate of drug-likeness (QED) is 0.725. The molecule has 2 heteroatoms. The second kappa shape index (κ2) is 4.62. The molecule has 1 aromatic heterocycles. The maximum absolute atomic E-state index is 7.03. The van der Waals surface area contributed by atoms with Crippen molar-refractivity contribution in [2.24, 2.45) is 0 Å². The minimum absolute atomic E-state index is 1.10. The second-order valence-corrected chi connectivity index (χ2v) is 3.68. The smallest absolute Gasteiger partial charge is 0.0453 e. The van der Waals surface area contributed by atoms with E-state index >= 15 is 0 Å². The summed E-state index contributed by atoms with van der Waals surface area (Å²) < 4.78 is 0. The van der Waals surface area contributed by atoms with Crippen LogP contribution in [0, 0.1) is 5.41 Å². The van der Waals surface area contributed by atoms with Crippen molar-refractivity contribution in [3.05, 3.63) is 54.2 Å². The fourth-order valence-electron chi connectivity index (χ4n) is 1.64. The largest absolute Gasteiger partial charge is 0.361 e. The molecule has 1 aromatic carbocycles. The van der Waals surface area contributed by atoms with E-state index in [1.807, 2.05) is 19.2 Å². The summed E-state index contributed by atoms with van der Waals surface area (Å²) in [6, 6.07) is 12.4. The zero-order chi connectivity index (χ0) is 11.4. The zero-order valence-electron chi connectivity index (χ0n) is 9.20. The Balaban J connectivity index is 2.30. The normalized spacial score (nSPS) is 11.4. The first-order chi connectivity index (χ1) is 7.81. The predicted molar refractivity (Wildman–Crippen MR) is 68.7 cm³/mol. The molecule has 2 rings (SSSR count). The number of hydrogen-bond donors (Lipinski definition) is 2. The number of allylic oxidation sites excluding steroid dienone is 2. The Bertz CT molecular complexity index is 490. The van der Waals surface area contributed by atoms with Gasteiger partial charge in [0.2, 0.25) is 0 Å². The standard InChI is InChI=1S/C14H14N2/c1-11(8-9-15)12-4-6-13(7-5-12)14-3-2-10-16-14/h2-10,15-16H,1H3/b11-8+,15-9?. The van der Waals surface area contributed by atoms with Gasteiger partial charge in [-0.3, -0.25) is 0 Å². The Morgan fingerprint density at radius 1 is 1.19 bits per heavy atom. The van der Waals surface area contributed by atoms with Crippen molar-refractivity contribution in [3.8, 4) is 11.3 Å². The molecule has 2 N–H and O–H groups in total. The summed E-state index contributed by atoms with van der Waals surface area (Å²) in [6.45, 7) is 2.01. The number of rotatable bonds is 3. The maximum Gasteiger partial charge on any atom is 0.0453 e. The molecule has 16 heavy (non-hydrogen) atoms. The SMILES string of the molecule is C/C(=C\C=N)c1ccc(-c2ccc[nH]2)cc1. The lowest BCUT2D eigenvalue weighted by molar-refractivity contribution is 1.40. The lowest BCUT2D eigenvalue weighted by Crippen LogP contribution is -1.82. The van der Waals surface area contributed by atoms with Gasteiger partial charge < -0.3 is 10.4 Å². The van der Waals surface area contributed by atoms with E-state index in [1.54, 1.807) is 6.08 Å². The van der Waals surface area contributed by atoms with Crippen LogP contribution >= 0.6 is 0 Å². The Labute approximate surface area is 95.2 Å². The number of aromatic amines is 1. The molecule has 80 valence electrons. The number of nitrogens with one attached hydrogen (secondary N) is 2. The van der Waals surface area contributed by atoms with E-state index in [9.17, 15) is 0 Å². The third-order valence-electron chi connectivity index (χ3n) is 2.58. The molecule has 0 aliphatic carbocycles. The third kappa shape index (κ3) is 2.11. The molecule has 0 saturated carbocycles. The van der Waals surface area contributed by atoms with Crippen LogP contribution in [0.5, 0.6) is 0 Å². The first-order valence-electron chi connectivity index (χ1n) is 5.23. The van der Waals surface area contributed by atoms with Crippen molar-refractivity contribution >= 4 is 11.8 Å². The van der Waals surface area contributed by atoms with Crippen molar-refractivity contribution in [1.82, 2.24) is 4.98 Å². The molecule has 0 amide bonds. The van der Waals surface area contributed by atoms with E-state index < -0.39 is 0 Å². The Morgan fingerprint density at radius 3 is 2.50 bits per heavy atom. The average Bonchev–Trinajstić information content (AvgIpc) is 2.83. The van der Waals surface area contributed by atoms with Crippen molar-refractivity contribution in [1.29, 1.82) is 5.41 Å². The zero-order valence-corrected chi connectivity index (χ0v) is 9.20. The van der Waals surface area contributed by atoms with Crippen molar-refractivity contribution < 1.29 is 0 Å². The topological polar surface area (TPSA) is 39.6 Å². The highest BCUT2D eigenvalue weighted by Gasteiger charge is 1.98. The highest BCUT2D eigenvalue weighted by Crippen LogP contribution is 2.20. The molecule has 0 fully saturated rings. The highest BCUT2D eigenvalue weighted by atomic mass is 14.7. The summed E-state index contributed by atoms with van der Waals surface area (Å²) >= 11 is 0. The minimum Gasteiger partial charge on any atom is -0.361 e. The molecule has 0 saturated heterocycles. The first-order valence-corrected chi connectivity index (χ1v) is 5.23. The van der Waals surface area contributed by atoms with Crippen LogP contribution in [0.2, 0.25) is 0 Å². The van der Waals surface area contributed by atoms with Crippen LogP contribution in [0.4, 0.5) is 0 Å². The predicted octanol–water partition coefficient (Wildman–Crippen LogP) is 3.73. The lowest BCUT2D eigenvalue weighted by atomic mass is 10.0. The van der Waals surface area contributed by atoms with Crippen LogP contribution in [0.3, 0.4) is 0 Å². The van der Waals surface area contributed by atoms with Gasteiger partial charge >= 0.3 is 0 Å². The molecule has 0 aliphatic heterocycles. The van der Waals surface area contributed by atoms with Gasteiger partial charge in [-0.15, -0.1) is 0 Å². The molecule has 0 radical (unpaired) electrons. The average molecular weight is 210 g/mol. The van der Waals surface area contributed by atoms with Gasteiger partial charge in [0, 0.05) is 18.1 Å². The van der Waals surface area contributed by atoms with Crippen molar-refractivity contribution in [2.75, 3.05) is 0 Å². The fraction of sp³-hybridized carbons (Fsp3) is 0.0714. The van der Waals surface area contributed by atoms with Crippen LogP contribution < -0.4 is 0 Å². The lowest BCUT2D eigenvalue weighted by Gasteiger charge is -2.02. The van der Waals surface area contributed by atoms with Crippen molar-refractivity contribution in [2.45, 2.75) is 6.92 Å². The fourth-order valence-corrected chi connectivity index (χ4v) is 1.64. The van der Waals surface area contributed by atoms with Gasteiger partial charge in [-0.05, 0) is 41.8 Å². The molecule has 2 aromatic rings. The van der Waals surface area contributed by atoms with Gasteiger partial charge in [0.15, 0.2) is 0 Å². The summed E-state index contributed by atoms with van der Waals surface area (Å²) in [5.41, 5.74) is 4.56. The monoisotopic (exact) mass is 210 g/mol. The molecule has 0 aliphatic rings. The van der Waals surface area contributed by atoms with Crippen LogP contribution in [-0.4, -0.2) is 11.2 Å². The van der Waals surface area contributed by atoms with Gasteiger partial charge in [-0.25, -0.2) is 0 Å². The number of aromatic nitrogens is 1. The van der Waals surface area contributed by atoms with Gasteiger partial charge in [0.25, 0.3) is 0 Å². The van der Waals surface area contributed by atoms with Crippen LogP contribution in [0.15, 0.2) is 48.7 Å². The number of hydrogen-bond acceptors (Lipinski definition) is 1. The molecule has 0 atom stereocenters. The second-order valence-electron chi connectivity index (χ2n) is 3.68. The summed E-state index contributed by atoms with van der Waals surface area (Å²) in [5.74, 6) is 0. The summed E-state index contributed by atoms with van der Waals surface area (Å²) in [4.78, 5) is 3.18.